The minimum absolute atomic E-state index is 0.105. The molecule has 0 N–H and O–H groups in total. The summed E-state index contributed by atoms with van der Waals surface area (Å²) < 4.78 is 69.0. The van der Waals surface area contributed by atoms with Gasteiger partial charge in [0, 0.05) is 12.3 Å². The molecule has 0 aliphatic carbocycles. The predicted molar refractivity (Wildman–Crippen MR) is 143 cm³/mol. The summed E-state index contributed by atoms with van der Waals surface area (Å²) >= 11 is 0. The second kappa shape index (κ2) is 14.3. The van der Waals surface area contributed by atoms with Crippen molar-refractivity contribution in [2.45, 2.75) is 141 Å². The minimum atomic E-state index is -4.86. The van der Waals surface area contributed by atoms with E-state index >= 15 is 0 Å². The molecule has 206 valence electrons. The Kier molecular flexibility index (Phi) is 14.4. The Morgan fingerprint density at radius 3 is 1.82 bits per heavy atom. The van der Waals surface area contributed by atoms with Crippen molar-refractivity contribution in [2.24, 2.45) is 0 Å². The second-order valence-corrected chi connectivity index (χ2v) is 24.9. The summed E-state index contributed by atoms with van der Waals surface area (Å²) in [6.07, 6.45) is -2.01. The van der Waals surface area contributed by atoms with Crippen LogP contribution in [0.3, 0.4) is 0 Å². The van der Waals surface area contributed by atoms with Gasteiger partial charge in [0.2, 0.25) is 14.5 Å². The van der Waals surface area contributed by atoms with Gasteiger partial charge in [0.15, 0.2) is 8.32 Å². The van der Waals surface area contributed by atoms with Crippen molar-refractivity contribution in [1.82, 2.24) is 0 Å². The van der Waals surface area contributed by atoms with E-state index in [4.69, 9.17) is 13.6 Å². The summed E-state index contributed by atoms with van der Waals surface area (Å²) in [5.41, 5.74) is 0.308. The number of hydrogen-bond acceptors (Lipinski definition) is 3. The third kappa shape index (κ3) is 10.7. The summed E-state index contributed by atoms with van der Waals surface area (Å²) in [4.78, 5) is 0. The largest absolute Gasteiger partial charge is 0.421 e. The summed E-state index contributed by atoms with van der Waals surface area (Å²) in [6, 6.07) is 2.02. The maximum absolute atomic E-state index is 13.0. The van der Waals surface area contributed by atoms with Gasteiger partial charge in [-0.25, -0.2) is 4.39 Å². The molecule has 2 atom stereocenters. The van der Waals surface area contributed by atoms with Gasteiger partial charge >= 0.3 is 6.18 Å². The molecule has 0 fully saturated rings. The Bertz CT molecular complexity index is 568. The molecule has 0 spiro atoms. The number of unbranched alkanes of at least 4 members (excludes halogenated alkanes) is 1. The molecule has 3 nitrogen and oxygen atoms in total. The Labute approximate surface area is 210 Å². The standard InChI is InChI=1S/C24H52F4O3Si3/c1-11-15-18-32(5,6)22(12-2)30-34(9,10)23(13-3,14-4)31-33(7,8)19-16-17-29-20-21(25)24(26,27)28/h21-22H,11-20H2,1-10H3. The average Bonchev–Trinajstić information content (AvgIpc) is 2.72. The van der Waals surface area contributed by atoms with Crippen LogP contribution in [0.1, 0.15) is 66.2 Å². The number of hydrogen-bond donors (Lipinski definition) is 0. The molecule has 0 aromatic carbocycles. The number of alkyl halides is 4. The monoisotopic (exact) mass is 548 g/mol. The molecule has 0 aliphatic heterocycles. The van der Waals surface area contributed by atoms with Gasteiger partial charge in [-0.2, -0.15) is 13.2 Å². The van der Waals surface area contributed by atoms with Crippen LogP contribution in [-0.2, 0) is 13.6 Å². The van der Waals surface area contributed by atoms with E-state index in [-0.39, 0.29) is 11.8 Å². The number of ether oxygens (including phenoxy) is 1. The van der Waals surface area contributed by atoms with Gasteiger partial charge in [-0.05, 0) is 57.9 Å². The van der Waals surface area contributed by atoms with E-state index in [0.29, 0.717) is 12.1 Å². The van der Waals surface area contributed by atoms with E-state index in [2.05, 4.69) is 67.0 Å². The summed E-state index contributed by atoms with van der Waals surface area (Å²) in [6.45, 7) is 21.8. The second-order valence-electron chi connectivity index (χ2n) is 11.4. The van der Waals surface area contributed by atoms with Crippen molar-refractivity contribution in [3.05, 3.63) is 0 Å². The summed E-state index contributed by atoms with van der Waals surface area (Å²) in [5.74, 6) is 0. The minimum Gasteiger partial charge on any atom is -0.415 e. The van der Waals surface area contributed by atoms with Crippen molar-refractivity contribution in [1.29, 1.82) is 0 Å². The normalized spacial score (nSPS) is 16.1. The number of halogens is 4. The van der Waals surface area contributed by atoms with E-state index in [0.717, 1.165) is 25.3 Å². The third-order valence-corrected chi connectivity index (χ3v) is 18.0. The van der Waals surface area contributed by atoms with Crippen LogP contribution in [0.4, 0.5) is 17.6 Å². The molecular weight excluding hydrogens is 497 g/mol. The van der Waals surface area contributed by atoms with E-state index in [1.165, 1.54) is 18.9 Å². The van der Waals surface area contributed by atoms with Gasteiger partial charge in [-0.15, -0.1) is 0 Å². The maximum atomic E-state index is 13.0. The van der Waals surface area contributed by atoms with Gasteiger partial charge in [0.05, 0.1) is 19.9 Å². The van der Waals surface area contributed by atoms with Gasteiger partial charge in [0.25, 0.3) is 0 Å². The Morgan fingerprint density at radius 1 is 0.824 bits per heavy atom. The van der Waals surface area contributed by atoms with Crippen LogP contribution in [0.2, 0.25) is 51.4 Å². The fraction of sp³-hybridized carbons (Fsp3) is 1.00. The first-order chi connectivity index (χ1) is 15.4. The molecule has 34 heavy (non-hydrogen) atoms. The van der Waals surface area contributed by atoms with Crippen LogP contribution < -0.4 is 0 Å². The highest BCUT2D eigenvalue weighted by atomic mass is 28.4. The first-order valence-electron chi connectivity index (χ1n) is 13.1. The molecule has 0 amide bonds. The molecule has 0 saturated heterocycles. The van der Waals surface area contributed by atoms with Gasteiger partial charge in [0.1, 0.15) is 0 Å². The van der Waals surface area contributed by atoms with Crippen LogP contribution in [0.15, 0.2) is 0 Å². The summed E-state index contributed by atoms with van der Waals surface area (Å²) in [7, 11) is -5.98. The van der Waals surface area contributed by atoms with Crippen LogP contribution in [0.25, 0.3) is 0 Å². The van der Waals surface area contributed by atoms with Crippen molar-refractivity contribution < 1.29 is 31.2 Å². The van der Waals surface area contributed by atoms with Crippen LogP contribution in [0.5, 0.6) is 0 Å². The molecule has 0 radical (unpaired) electrons. The Hall–Kier alpha value is 0.251. The van der Waals surface area contributed by atoms with Gasteiger partial charge in [-0.3, -0.25) is 0 Å². The lowest BCUT2D eigenvalue weighted by molar-refractivity contribution is -0.193. The average molecular weight is 549 g/mol. The van der Waals surface area contributed by atoms with Crippen molar-refractivity contribution in [2.75, 3.05) is 13.2 Å². The third-order valence-electron chi connectivity index (χ3n) is 7.25. The highest BCUT2D eigenvalue weighted by Crippen LogP contribution is 2.39. The highest BCUT2D eigenvalue weighted by Gasteiger charge is 2.52. The van der Waals surface area contributed by atoms with Crippen LogP contribution >= 0.6 is 0 Å². The smallest absolute Gasteiger partial charge is 0.415 e. The first kappa shape index (κ1) is 34.3. The topological polar surface area (TPSA) is 27.7 Å². The molecule has 0 aliphatic rings. The highest BCUT2D eigenvalue weighted by molar-refractivity contribution is 6.81. The Balaban J connectivity index is 5.26. The molecule has 2 unspecified atom stereocenters. The van der Waals surface area contributed by atoms with Gasteiger partial charge < -0.3 is 13.6 Å². The maximum Gasteiger partial charge on any atom is 0.421 e. The first-order valence-corrected chi connectivity index (χ1v) is 22.4. The zero-order valence-electron chi connectivity index (χ0n) is 23.5. The Morgan fingerprint density at radius 2 is 1.38 bits per heavy atom. The van der Waals surface area contributed by atoms with E-state index in [9.17, 15) is 17.6 Å². The molecule has 0 rings (SSSR count). The molecular formula is C24H52F4O3Si3. The quantitative estimate of drug-likeness (QED) is 0.0974. The molecule has 0 aromatic heterocycles. The zero-order valence-corrected chi connectivity index (χ0v) is 26.5. The lowest BCUT2D eigenvalue weighted by Crippen LogP contribution is -2.64. The van der Waals surface area contributed by atoms with Crippen molar-refractivity contribution >= 4 is 24.7 Å². The van der Waals surface area contributed by atoms with E-state index < -0.39 is 43.7 Å². The summed E-state index contributed by atoms with van der Waals surface area (Å²) in [5, 5.41) is -0.313. The SMILES string of the molecule is CCCC[Si](C)(C)C(CC)O[Si](C)(C)C(CC)(CC)O[Si](C)(C)CCCOCC(F)C(F)(F)F. The van der Waals surface area contributed by atoms with E-state index in [1.807, 2.05) is 0 Å². The fourth-order valence-electron chi connectivity index (χ4n) is 4.88. The molecule has 0 bridgehead atoms. The lowest BCUT2D eigenvalue weighted by atomic mass is 10.2. The van der Waals surface area contributed by atoms with Crippen LogP contribution in [0, 0.1) is 0 Å². The van der Waals surface area contributed by atoms with Crippen molar-refractivity contribution in [3.8, 4) is 0 Å². The van der Waals surface area contributed by atoms with Crippen molar-refractivity contribution in [3.63, 3.8) is 0 Å². The molecule has 0 saturated carbocycles. The molecule has 0 aromatic rings. The fourth-order valence-corrected chi connectivity index (χ4v) is 16.8. The van der Waals surface area contributed by atoms with E-state index in [1.54, 1.807) is 0 Å². The zero-order chi connectivity index (χ0) is 26.8. The van der Waals surface area contributed by atoms with Gasteiger partial charge in [-0.1, -0.05) is 59.7 Å². The van der Waals surface area contributed by atoms with Crippen LogP contribution in [-0.4, -0.2) is 61.2 Å². The predicted octanol–water partition coefficient (Wildman–Crippen LogP) is 8.66. The molecule has 10 heteroatoms. The molecule has 0 heterocycles. The lowest BCUT2D eigenvalue weighted by Gasteiger charge is -2.50. The number of rotatable bonds is 18.